The first kappa shape index (κ1) is 18.6. The summed E-state index contributed by atoms with van der Waals surface area (Å²) in [6, 6.07) is 5.94. The van der Waals surface area contributed by atoms with Crippen LogP contribution in [-0.4, -0.2) is 30.8 Å². The molecule has 1 saturated carbocycles. The maximum absolute atomic E-state index is 11.8. The van der Waals surface area contributed by atoms with Gasteiger partial charge in [0.2, 0.25) is 5.91 Å². The van der Waals surface area contributed by atoms with E-state index < -0.39 is 0 Å². The molecule has 5 nitrogen and oxygen atoms in total. The number of urea groups is 1. The number of carbonyl (C=O) groups is 2. The zero-order valence-corrected chi connectivity index (χ0v) is 15.2. The Morgan fingerprint density at radius 3 is 2.75 bits per heavy atom. The Bertz CT molecular complexity index is 571. The zero-order chi connectivity index (χ0) is 17.4. The largest absolute Gasteiger partial charge is 0.496 e. The molecule has 0 atom stereocenters. The van der Waals surface area contributed by atoms with Crippen LogP contribution >= 0.6 is 11.8 Å². The number of aryl methyl sites for hydroxylation is 1. The standard InChI is InChI=1S/C18H26N2O3S/c1-13-7-8-16(23-2)14(11-13)12-24-10-9-17(21)20-18(22)19-15-5-3-4-6-15/h7-8,11,15H,3-6,9-10,12H2,1-2H3,(H2,19,20,21,22). The van der Waals surface area contributed by atoms with Gasteiger partial charge >= 0.3 is 6.03 Å². The first-order valence-corrected chi connectivity index (χ1v) is 9.55. The van der Waals surface area contributed by atoms with Gasteiger partial charge in [0.25, 0.3) is 0 Å². The molecule has 1 fully saturated rings. The van der Waals surface area contributed by atoms with Crippen LogP contribution in [0, 0.1) is 6.92 Å². The van der Waals surface area contributed by atoms with Crippen LogP contribution in [0.15, 0.2) is 18.2 Å². The molecule has 2 N–H and O–H groups in total. The topological polar surface area (TPSA) is 67.4 Å². The molecule has 0 unspecified atom stereocenters. The summed E-state index contributed by atoms with van der Waals surface area (Å²) >= 11 is 1.66. The maximum atomic E-state index is 11.8. The summed E-state index contributed by atoms with van der Waals surface area (Å²) in [6.45, 7) is 2.05. The molecular weight excluding hydrogens is 324 g/mol. The average molecular weight is 350 g/mol. The van der Waals surface area contributed by atoms with Crippen molar-refractivity contribution in [1.29, 1.82) is 0 Å². The van der Waals surface area contributed by atoms with Crippen molar-refractivity contribution in [2.45, 2.75) is 50.8 Å². The van der Waals surface area contributed by atoms with E-state index in [0.29, 0.717) is 12.2 Å². The third kappa shape index (κ3) is 6.07. The minimum absolute atomic E-state index is 0.223. The Kier molecular flexibility index (Phi) is 7.43. The second-order valence-electron chi connectivity index (χ2n) is 6.12. The smallest absolute Gasteiger partial charge is 0.321 e. The fourth-order valence-corrected chi connectivity index (χ4v) is 3.77. The number of methoxy groups -OCH3 is 1. The van der Waals surface area contributed by atoms with E-state index in [-0.39, 0.29) is 18.0 Å². The van der Waals surface area contributed by atoms with Gasteiger partial charge in [0.15, 0.2) is 0 Å². The van der Waals surface area contributed by atoms with E-state index in [9.17, 15) is 9.59 Å². The minimum Gasteiger partial charge on any atom is -0.496 e. The summed E-state index contributed by atoms with van der Waals surface area (Å²) in [7, 11) is 1.66. The fourth-order valence-electron chi connectivity index (χ4n) is 2.85. The third-order valence-electron chi connectivity index (χ3n) is 4.11. The van der Waals surface area contributed by atoms with Gasteiger partial charge in [-0.1, -0.05) is 30.5 Å². The zero-order valence-electron chi connectivity index (χ0n) is 14.4. The van der Waals surface area contributed by atoms with Crippen molar-refractivity contribution in [2.24, 2.45) is 0 Å². The second-order valence-corrected chi connectivity index (χ2v) is 7.23. The Hall–Kier alpha value is -1.69. The molecule has 0 spiro atoms. The van der Waals surface area contributed by atoms with Crippen LogP contribution in [0.4, 0.5) is 4.79 Å². The fraction of sp³-hybridized carbons (Fsp3) is 0.556. The monoisotopic (exact) mass is 350 g/mol. The van der Waals surface area contributed by atoms with Gasteiger partial charge in [0.1, 0.15) is 5.75 Å². The molecule has 132 valence electrons. The van der Waals surface area contributed by atoms with Gasteiger partial charge in [0.05, 0.1) is 7.11 Å². The Morgan fingerprint density at radius 2 is 2.04 bits per heavy atom. The van der Waals surface area contributed by atoms with E-state index in [1.54, 1.807) is 18.9 Å². The first-order valence-electron chi connectivity index (χ1n) is 8.40. The molecule has 6 heteroatoms. The lowest BCUT2D eigenvalue weighted by Gasteiger charge is -2.12. The summed E-state index contributed by atoms with van der Waals surface area (Å²) in [5.74, 6) is 2.09. The summed E-state index contributed by atoms with van der Waals surface area (Å²) < 4.78 is 5.35. The van der Waals surface area contributed by atoms with Gasteiger partial charge in [-0.25, -0.2) is 4.79 Å². The van der Waals surface area contributed by atoms with Crippen LogP contribution < -0.4 is 15.4 Å². The molecule has 0 heterocycles. The highest BCUT2D eigenvalue weighted by Gasteiger charge is 2.18. The number of benzene rings is 1. The highest BCUT2D eigenvalue weighted by Crippen LogP contribution is 2.24. The van der Waals surface area contributed by atoms with Crippen LogP contribution in [0.2, 0.25) is 0 Å². The van der Waals surface area contributed by atoms with E-state index >= 15 is 0 Å². The summed E-state index contributed by atoms with van der Waals surface area (Å²) in [5, 5.41) is 5.26. The average Bonchev–Trinajstić information content (AvgIpc) is 3.04. The van der Waals surface area contributed by atoms with Gasteiger partial charge in [-0.05, 0) is 25.8 Å². The molecule has 0 aliphatic heterocycles. The van der Waals surface area contributed by atoms with Crippen molar-refractivity contribution < 1.29 is 14.3 Å². The van der Waals surface area contributed by atoms with Crippen molar-refractivity contribution in [1.82, 2.24) is 10.6 Å². The summed E-state index contributed by atoms with van der Waals surface area (Å²) in [5.41, 5.74) is 2.31. The van der Waals surface area contributed by atoms with E-state index in [1.165, 1.54) is 5.56 Å². The second kappa shape index (κ2) is 9.57. The van der Waals surface area contributed by atoms with E-state index in [4.69, 9.17) is 4.74 Å². The molecule has 1 aromatic carbocycles. The molecule has 0 saturated heterocycles. The summed E-state index contributed by atoms with van der Waals surface area (Å²) in [6.07, 6.45) is 4.65. The molecule has 0 aromatic heterocycles. The number of hydrogen-bond donors (Lipinski definition) is 2. The van der Waals surface area contributed by atoms with Crippen molar-refractivity contribution >= 4 is 23.7 Å². The predicted octanol–water partition coefficient (Wildman–Crippen LogP) is 3.40. The van der Waals surface area contributed by atoms with Crippen LogP contribution in [0.5, 0.6) is 5.75 Å². The van der Waals surface area contributed by atoms with Crippen LogP contribution in [0.1, 0.15) is 43.2 Å². The van der Waals surface area contributed by atoms with Gasteiger partial charge in [-0.2, -0.15) is 11.8 Å². The minimum atomic E-state index is -0.364. The lowest BCUT2D eigenvalue weighted by atomic mass is 10.1. The molecule has 0 radical (unpaired) electrons. The highest BCUT2D eigenvalue weighted by molar-refractivity contribution is 7.98. The number of rotatable bonds is 7. The quantitative estimate of drug-likeness (QED) is 0.740. The number of thioether (sulfide) groups is 1. The van der Waals surface area contributed by atoms with Crippen LogP contribution in [0.3, 0.4) is 0 Å². The van der Waals surface area contributed by atoms with Gasteiger partial charge in [-0.3, -0.25) is 10.1 Å². The van der Waals surface area contributed by atoms with Crippen LogP contribution in [-0.2, 0) is 10.5 Å². The molecular formula is C18H26N2O3S. The number of ether oxygens (including phenoxy) is 1. The van der Waals surface area contributed by atoms with Gasteiger partial charge < -0.3 is 10.1 Å². The van der Waals surface area contributed by atoms with E-state index in [1.807, 2.05) is 19.1 Å². The molecule has 1 aromatic rings. The van der Waals surface area contributed by atoms with Crippen molar-refractivity contribution in [3.8, 4) is 5.75 Å². The maximum Gasteiger partial charge on any atom is 0.321 e. The lowest BCUT2D eigenvalue weighted by molar-refractivity contribution is -0.119. The van der Waals surface area contributed by atoms with Crippen LogP contribution in [0.25, 0.3) is 0 Å². The molecule has 3 amide bonds. The van der Waals surface area contributed by atoms with Crippen molar-refractivity contribution in [2.75, 3.05) is 12.9 Å². The normalized spacial score (nSPS) is 14.4. The van der Waals surface area contributed by atoms with Gasteiger partial charge in [-0.15, -0.1) is 0 Å². The molecule has 1 aliphatic rings. The van der Waals surface area contributed by atoms with Crippen molar-refractivity contribution in [3.63, 3.8) is 0 Å². The molecule has 1 aliphatic carbocycles. The van der Waals surface area contributed by atoms with Gasteiger partial charge in [0, 0.05) is 29.5 Å². The van der Waals surface area contributed by atoms with E-state index in [0.717, 1.165) is 42.7 Å². The molecule has 2 rings (SSSR count). The number of nitrogens with one attached hydrogen (secondary N) is 2. The SMILES string of the molecule is COc1ccc(C)cc1CSCCC(=O)NC(=O)NC1CCCC1. The molecule has 0 bridgehead atoms. The third-order valence-corrected chi connectivity index (χ3v) is 5.12. The number of carbonyl (C=O) groups excluding carboxylic acids is 2. The number of amides is 3. The number of hydrogen-bond acceptors (Lipinski definition) is 4. The van der Waals surface area contributed by atoms with E-state index in [2.05, 4.69) is 16.7 Å². The van der Waals surface area contributed by atoms with Crippen molar-refractivity contribution in [3.05, 3.63) is 29.3 Å². The lowest BCUT2D eigenvalue weighted by Crippen LogP contribution is -2.43. The Balaban J connectivity index is 1.65. The Labute approximate surface area is 147 Å². The first-order chi connectivity index (χ1) is 11.6. The Morgan fingerprint density at radius 1 is 1.29 bits per heavy atom. The predicted molar refractivity (Wildman–Crippen MR) is 97.4 cm³/mol. The molecule has 24 heavy (non-hydrogen) atoms. The summed E-state index contributed by atoms with van der Waals surface area (Å²) in [4.78, 5) is 23.5. The number of imide groups is 1. The highest BCUT2D eigenvalue weighted by atomic mass is 32.2.